The third kappa shape index (κ3) is 5.15. The molecule has 0 saturated carbocycles. The summed E-state index contributed by atoms with van der Waals surface area (Å²) in [7, 11) is 0. The number of ether oxygens (including phenoxy) is 1. The number of amides is 1. The Kier molecular flexibility index (Phi) is 8.23. The lowest BCUT2D eigenvalue weighted by atomic mass is 9.95. The summed E-state index contributed by atoms with van der Waals surface area (Å²) in [5.41, 5.74) is 0. The van der Waals surface area contributed by atoms with Crippen LogP contribution in [0.1, 0.15) is 39.0 Å². The molecular formula is C14H27NO7. The number of hydrogen-bond acceptors (Lipinski definition) is 7. The van der Waals surface area contributed by atoms with Crippen molar-refractivity contribution in [2.75, 3.05) is 6.54 Å². The van der Waals surface area contributed by atoms with Crippen molar-refractivity contribution < 1.29 is 35.1 Å². The van der Waals surface area contributed by atoms with Gasteiger partial charge in [-0.25, -0.2) is 0 Å². The zero-order valence-corrected chi connectivity index (χ0v) is 12.8. The Hall–Kier alpha value is -0.770. The molecule has 0 radical (unpaired) electrons. The summed E-state index contributed by atoms with van der Waals surface area (Å²) in [6, 6.07) is 0. The van der Waals surface area contributed by atoms with Gasteiger partial charge in [0.05, 0.1) is 0 Å². The van der Waals surface area contributed by atoms with Crippen LogP contribution in [0.4, 0.5) is 0 Å². The van der Waals surface area contributed by atoms with Gasteiger partial charge in [0.15, 0.2) is 12.4 Å². The summed E-state index contributed by atoms with van der Waals surface area (Å²) < 4.78 is 4.81. The first-order chi connectivity index (χ1) is 10.4. The molecule has 6 N–H and O–H groups in total. The summed E-state index contributed by atoms with van der Waals surface area (Å²) in [4.78, 5) is 11.8. The summed E-state index contributed by atoms with van der Waals surface area (Å²) >= 11 is 0. The number of hydrogen-bond donors (Lipinski definition) is 6. The van der Waals surface area contributed by atoms with Gasteiger partial charge in [0.25, 0.3) is 5.91 Å². The second-order valence-electron chi connectivity index (χ2n) is 5.61. The fourth-order valence-electron chi connectivity index (χ4n) is 2.34. The Morgan fingerprint density at radius 3 is 2.32 bits per heavy atom. The van der Waals surface area contributed by atoms with Gasteiger partial charge in [-0.2, -0.15) is 0 Å². The Bertz CT molecular complexity index is 341. The average Bonchev–Trinajstić information content (AvgIpc) is 2.51. The van der Waals surface area contributed by atoms with E-state index in [2.05, 4.69) is 12.2 Å². The number of aliphatic hydroxyl groups is 5. The van der Waals surface area contributed by atoms with Crippen molar-refractivity contribution in [1.82, 2.24) is 5.32 Å². The highest BCUT2D eigenvalue weighted by Gasteiger charge is 2.47. The minimum atomic E-state index is -1.78. The van der Waals surface area contributed by atoms with Gasteiger partial charge in [0.2, 0.25) is 0 Å². The van der Waals surface area contributed by atoms with Crippen LogP contribution in [0.3, 0.4) is 0 Å². The van der Waals surface area contributed by atoms with Gasteiger partial charge in [-0.1, -0.05) is 32.6 Å². The molecule has 1 aliphatic rings. The van der Waals surface area contributed by atoms with Crippen molar-refractivity contribution in [3.8, 4) is 0 Å². The van der Waals surface area contributed by atoms with E-state index in [0.717, 1.165) is 32.1 Å². The molecule has 0 aromatic heterocycles. The molecule has 8 nitrogen and oxygen atoms in total. The molecule has 130 valence electrons. The van der Waals surface area contributed by atoms with Crippen LogP contribution in [-0.4, -0.2) is 74.8 Å². The third-order valence-electron chi connectivity index (χ3n) is 3.78. The summed E-state index contributed by atoms with van der Waals surface area (Å²) in [6.07, 6.45) is -5.03. The molecule has 0 aliphatic carbocycles. The maximum Gasteiger partial charge on any atom is 0.251 e. The molecule has 1 rings (SSSR count). The van der Waals surface area contributed by atoms with Gasteiger partial charge in [-0.3, -0.25) is 4.79 Å². The zero-order chi connectivity index (χ0) is 16.7. The standard InChI is InChI=1S/C14H27NO7/c1-2-3-4-5-6-7-15-13(20)11(19)12-9(17)8(16)10(18)14(21)22-12/h8-12,14,16-19,21H,2-7H2,1H3,(H,15,20)/t8-,9-,10+,11?,12-,14-/m0/s1. The molecule has 22 heavy (non-hydrogen) atoms. The van der Waals surface area contributed by atoms with E-state index in [0.29, 0.717) is 6.54 Å². The van der Waals surface area contributed by atoms with Crippen LogP contribution in [0.5, 0.6) is 0 Å². The van der Waals surface area contributed by atoms with Crippen molar-refractivity contribution in [3.63, 3.8) is 0 Å². The van der Waals surface area contributed by atoms with E-state index < -0.39 is 42.7 Å². The zero-order valence-electron chi connectivity index (χ0n) is 12.8. The third-order valence-corrected chi connectivity index (χ3v) is 3.78. The Balaban J connectivity index is 2.39. The predicted molar refractivity (Wildman–Crippen MR) is 76.7 cm³/mol. The van der Waals surface area contributed by atoms with E-state index in [4.69, 9.17) is 4.74 Å². The monoisotopic (exact) mass is 321 g/mol. The van der Waals surface area contributed by atoms with E-state index >= 15 is 0 Å². The average molecular weight is 321 g/mol. The number of carbonyl (C=O) groups is 1. The van der Waals surface area contributed by atoms with Crippen LogP contribution in [0.2, 0.25) is 0 Å². The van der Waals surface area contributed by atoms with Crippen LogP contribution in [0.25, 0.3) is 0 Å². The summed E-state index contributed by atoms with van der Waals surface area (Å²) in [5.74, 6) is -0.754. The first-order valence-corrected chi connectivity index (χ1v) is 7.73. The van der Waals surface area contributed by atoms with Crippen molar-refractivity contribution >= 4 is 5.91 Å². The molecule has 1 amide bonds. The van der Waals surface area contributed by atoms with E-state index in [1.54, 1.807) is 0 Å². The highest BCUT2D eigenvalue weighted by molar-refractivity contribution is 5.81. The van der Waals surface area contributed by atoms with Gasteiger partial charge in [-0.05, 0) is 6.42 Å². The topological polar surface area (TPSA) is 139 Å². The van der Waals surface area contributed by atoms with Gasteiger partial charge < -0.3 is 35.6 Å². The lowest BCUT2D eigenvalue weighted by Gasteiger charge is -2.39. The lowest BCUT2D eigenvalue weighted by Crippen LogP contribution is -2.62. The molecule has 1 fully saturated rings. The normalized spacial score (nSPS) is 33.5. The molecule has 0 bridgehead atoms. The van der Waals surface area contributed by atoms with Crippen LogP contribution < -0.4 is 5.32 Å². The number of carbonyl (C=O) groups excluding carboxylic acids is 1. The Morgan fingerprint density at radius 1 is 1.05 bits per heavy atom. The number of aliphatic hydroxyl groups excluding tert-OH is 5. The van der Waals surface area contributed by atoms with Gasteiger partial charge in [0.1, 0.15) is 24.4 Å². The summed E-state index contributed by atoms with van der Waals surface area (Å²) in [5, 5.41) is 50.4. The molecule has 6 atom stereocenters. The molecule has 1 aliphatic heterocycles. The first-order valence-electron chi connectivity index (χ1n) is 7.73. The molecule has 1 heterocycles. The molecule has 0 aromatic carbocycles. The number of rotatable bonds is 8. The Morgan fingerprint density at radius 2 is 1.68 bits per heavy atom. The summed E-state index contributed by atoms with van der Waals surface area (Å²) in [6.45, 7) is 2.49. The minimum Gasteiger partial charge on any atom is -0.387 e. The van der Waals surface area contributed by atoms with Crippen LogP contribution >= 0.6 is 0 Å². The van der Waals surface area contributed by atoms with Gasteiger partial charge >= 0.3 is 0 Å². The SMILES string of the molecule is CCCCCCCNC(=O)C(O)[C@H]1O[C@H](O)[C@H](O)[C@@H](O)[C@@H]1O. The van der Waals surface area contributed by atoms with Crippen molar-refractivity contribution in [3.05, 3.63) is 0 Å². The van der Waals surface area contributed by atoms with Crippen molar-refractivity contribution in [2.24, 2.45) is 0 Å². The van der Waals surface area contributed by atoms with E-state index in [-0.39, 0.29) is 0 Å². The van der Waals surface area contributed by atoms with E-state index in [1.807, 2.05) is 0 Å². The number of unbranched alkanes of at least 4 members (excludes halogenated alkanes) is 4. The second-order valence-corrected chi connectivity index (χ2v) is 5.61. The number of nitrogens with one attached hydrogen (secondary N) is 1. The van der Waals surface area contributed by atoms with E-state index in [9.17, 15) is 30.3 Å². The van der Waals surface area contributed by atoms with Crippen LogP contribution in [0, 0.1) is 0 Å². The lowest BCUT2D eigenvalue weighted by molar-refractivity contribution is -0.294. The molecule has 1 unspecified atom stereocenters. The van der Waals surface area contributed by atoms with Crippen LogP contribution in [-0.2, 0) is 9.53 Å². The molecule has 1 saturated heterocycles. The second kappa shape index (κ2) is 9.39. The first kappa shape index (κ1) is 19.3. The molecule has 0 spiro atoms. The van der Waals surface area contributed by atoms with Crippen molar-refractivity contribution in [2.45, 2.75) is 75.8 Å². The predicted octanol–water partition coefficient (Wildman–Crippen LogP) is -1.77. The molecule has 0 aromatic rings. The Labute approximate surface area is 129 Å². The molecular weight excluding hydrogens is 294 g/mol. The fraction of sp³-hybridized carbons (Fsp3) is 0.929. The maximum atomic E-state index is 11.8. The van der Waals surface area contributed by atoms with E-state index in [1.165, 1.54) is 0 Å². The maximum absolute atomic E-state index is 11.8. The van der Waals surface area contributed by atoms with Gasteiger partial charge in [-0.15, -0.1) is 0 Å². The van der Waals surface area contributed by atoms with Gasteiger partial charge in [0, 0.05) is 6.54 Å². The molecule has 8 heteroatoms. The van der Waals surface area contributed by atoms with Crippen molar-refractivity contribution in [1.29, 1.82) is 0 Å². The van der Waals surface area contributed by atoms with Crippen LogP contribution in [0.15, 0.2) is 0 Å². The fourth-order valence-corrected chi connectivity index (χ4v) is 2.34. The quantitative estimate of drug-likeness (QED) is 0.291. The smallest absolute Gasteiger partial charge is 0.251 e. The largest absolute Gasteiger partial charge is 0.387 e. The highest BCUT2D eigenvalue weighted by atomic mass is 16.6. The minimum absolute atomic E-state index is 0.385. The highest BCUT2D eigenvalue weighted by Crippen LogP contribution is 2.22.